The molecule has 0 bridgehead atoms. The number of aliphatic hydroxyl groups excluding tert-OH is 3. The van der Waals surface area contributed by atoms with Crippen LogP contribution in [-0.2, 0) is 9.47 Å². The molecule has 3 N–H and O–H groups in total. The topological polar surface area (TPSA) is 79.2 Å². The van der Waals surface area contributed by atoms with Crippen LogP contribution in [0.5, 0.6) is 0 Å². The fourth-order valence-corrected chi connectivity index (χ4v) is 1.28. The number of hydrogen-bond acceptors (Lipinski definition) is 5. The van der Waals surface area contributed by atoms with Crippen LogP contribution in [0.1, 0.15) is 6.92 Å². The van der Waals surface area contributed by atoms with E-state index in [1.54, 1.807) is 6.92 Å². The van der Waals surface area contributed by atoms with Gasteiger partial charge in [-0.25, -0.2) is 0 Å². The first-order valence-electron chi connectivity index (χ1n) is 4.32. The van der Waals surface area contributed by atoms with Gasteiger partial charge in [0.2, 0.25) is 0 Å². The zero-order valence-corrected chi connectivity index (χ0v) is 7.83. The molecule has 0 saturated carbocycles. The molecule has 5 nitrogen and oxygen atoms in total. The number of ether oxygens (including phenoxy) is 2. The Labute approximate surface area is 82.3 Å². The molecule has 0 radical (unpaired) electrons. The van der Waals surface area contributed by atoms with Crippen LogP contribution in [-0.4, -0.2) is 52.6 Å². The minimum absolute atomic E-state index is 0.0166. The van der Waals surface area contributed by atoms with Crippen molar-refractivity contribution in [2.75, 3.05) is 6.61 Å². The van der Waals surface area contributed by atoms with Crippen molar-refractivity contribution < 1.29 is 24.8 Å². The van der Waals surface area contributed by atoms with Gasteiger partial charge in [-0.1, -0.05) is 5.92 Å². The Balaban J connectivity index is 2.57. The highest BCUT2D eigenvalue weighted by Crippen LogP contribution is 2.21. The van der Waals surface area contributed by atoms with E-state index in [2.05, 4.69) is 5.92 Å². The molecular weight excluding hydrogens is 188 g/mol. The summed E-state index contributed by atoms with van der Waals surface area (Å²) >= 11 is 0. The van der Waals surface area contributed by atoms with Crippen LogP contribution in [0.15, 0.2) is 0 Å². The van der Waals surface area contributed by atoms with Crippen LogP contribution in [0.3, 0.4) is 0 Å². The van der Waals surface area contributed by atoms with E-state index in [1.165, 1.54) is 0 Å². The molecule has 1 aliphatic heterocycles. The van der Waals surface area contributed by atoms with Crippen molar-refractivity contribution in [3.05, 3.63) is 0 Å². The number of hydrogen-bond donors (Lipinski definition) is 3. The molecule has 0 amide bonds. The first-order valence-corrected chi connectivity index (χ1v) is 4.32. The Morgan fingerprint density at radius 2 is 1.93 bits per heavy atom. The largest absolute Gasteiger partial charge is 0.388 e. The smallest absolute Gasteiger partial charge is 0.187 e. The zero-order chi connectivity index (χ0) is 10.7. The maximum Gasteiger partial charge on any atom is 0.187 e. The van der Waals surface area contributed by atoms with Crippen molar-refractivity contribution >= 4 is 0 Å². The molecule has 0 aliphatic carbocycles. The minimum Gasteiger partial charge on any atom is -0.388 e. The van der Waals surface area contributed by atoms with Crippen LogP contribution >= 0.6 is 0 Å². The lowest BCUT2D eigenvalue weighted by Crippen LogP contribution is -2.57. The van der Waals surface area contributed by atoms with Gasteiger partial charge in [0, 0.05) is 0 Å². The maximum atomic E-state index is 9.42. The lowest BCUT2D eigenvalue weighted by Gasteiger charge is -2.38. The molecule has 2 unspecified atom stereocenters. The fraction of sp³-hybridized carbons (Fsp3) is 0.778. The SMILES string of the molecule is C#CCO[C@@H]1OC(C)[C@@H](O)C(O)[C@H]1O. The summed E-state index contributed by atoms with van der Waals surface area (Å²) in [6, 6.07) is 0. The molecule has 0 aromatic rings. The molecule has 5 atom stereocenters. The van der Waals surface area contributed by atoms with Crippen LogP contribution in [0.4, 0.5) is 0 Å². The van der Waals surface area contributed by atoms with Crippen LogP contribution in [0.2, 0.25) is 0 Å². The highest BCUT2D eigenvalue weighted by atomic mass is 16.7. The Morgan fingerprint density at radius 3 is 2.50 bits per heavy atom. The van der Waals surface area contributed by atoms with E-state index in [4.69, 9.17) is 15.9 Å². The molecular formula is C9H14O5. The molecule has 14 heavy (non-hydrogen) atoms. The van der Waals surface area contributed by atoms with Crippen molar-refractivity contribution in [2.24, 2.45) is 0 Å². The summed E-state index contributed by atoms with van der Waals surface area (Å²) in [4.78, 5) is 0. The van der Waals surface area contributed by atoms with Crippen molar-refractivity contribution in [1.82, 2.24) is 0 Å². The Bertz CT molecular complexity index is 224. The van der Waals surface area contributed by atoms with Crippen LogP contribution in [0.25, 0.3) is 0 Å². The second-order valence-corrected chi connectivity index (χ2v) is 3.20. The summed E-state index contributed by atoms with van der Waals surface area (Å²) in [6.45, 7) is 1.56. The van der Waals surface area contributed by atoms with E-state index < -0.39 is 30.7 Å². The van der Waals surface area contributed by atoms with Crippen LogP contribution in [0, 0.1) is 12.3 Å². The van der Waals surface area contributed by atoms with Crippen molar-refractivity contribution in [1.29, 1.82) is 0 Å². The standard InChI is InChI=1S/C9H14O5/c1-3-4-13-9-8(12)7(11)6(10)5(2)14-9/h1,5-12H,4H2,2H3/t5?,6-,7?,8-,9-/m1/s1. The average molecular weight is 202 g/mol. The molecule has 1 heterocycles. The van der Waals surface area contributed by atoms with Crippen molar-refractivity contribution in [3.8, 4) is 12.3 Å². The van der Waals surface area contributed by atoms with Crippen molar-refractivity contribution in [3.63, 3.8) is 0 Å². The van der Waals surface area contributed by atoms with Crippen LogP contribution < -0.4 is 0 Å². The predicted molar refractivity (Wildman–Crippen MR) is 47.1 cm³/mol. The third-order valence-corrected chi connectivity index (χ3v) is 2.14. The molecule has 0 aromatic heterocycles. The van der Waals surface area contributed by atoms with Gasteiger partial charge in [-0.2, -0.15) is 0 Å². The molecule has 5 heteroatoms. The van der Waals surface area contributed by atoms with Gasteiger partial charge >= 0.3 is 0 Å². The second kappa shape index (κ2) is 4.73. The summed E-state index contributed by atoms with van der Waals surface area (Å²) in [5.41, 5.74) is 0. The third kappa shape index (κ3) is 2.23. The van der Waals surface area contributed by atoms with E-state index in [1.807, 2.05) is 0 Å². The van der Waals surface area contributed by atoms with E-state index >= 15 is 0 Å². The highest BCUT2D eigenvalue weighted by Gasteiger charge is 2.42. The Morgan fingerprint density at radius 1 is 1.29 bits per heavy atom. The van der Waals surface area contributed by atoms with Crippen molar-refractivity contribution in [2.45, 2.75) is 37.6 Å². The first-order chi connectivity index (χ1) is 6.57. The molecule has 1 rings (SSSR count). The predicted octanol–water partition coefficient (Wildman–Crippen LogP) is -1.54. The number of terminal acetylenes is 1. The van der Waals surface area contributed by atoms with Gasteiger partial charge in [0.15, 0.2) is 6.29 Å². The minimum atomic E-state index is -1.28. The zero-order valence-electron chi connectivity index (χ0n) is 7.83. The van der Waals surface area contributed by atoms with E-state index in [-0.39, 0.29) is 6.61 Å². The van der Waals surface area contributed by atoms with Gasteiger partial charge in [-0.3, -0.25) is 0 Å². The normalized spacial score (nSPS) is 43.2. The van der Waals surface area contributed by atoms with E-state index in [9.17, 15) is 15.3 Å². The number of rotatable bonds is 2. The fourth-order valence-electron chi connectivity index (χ4n) is 1.28. The van der Waals surface area contributed by atoms with Gasteiger partial charge in [0.1, 0.15) is 24.9 Å². The summed E-state index contributed by atoms with van der Waals surface area (Å²) in [7, 11) is 0. The van der Waals surface area contributed by atoms with Gasteiger partial charge in [-0.05, 0) is 6.92 Å². The summed E-state index contributed by atoms with van der Waals surface area (Å²) < 4.78 is 10.1. The molecule has 0 aromatic carbocycles. The molecule has 1 fully saturated rings. The maximum absolute atomic E-state index is 9.42. The quantitative estimate of drug-likeness (QED) is 0.473. The monoisotopic (exact) mass is 202 g/mol. The van der Waals surface area contributed by atoms with Gasteiger partial charge in [-0.15, -0.1) is 6.42 Å². The molecule has 80 valence electrons. The van der Waals surface area contributed by atoms with Gasteiger partial charge < -0.3 is 24.8 Å². The molecule has 0 spiro atoms. The van der Waals surface area contributed by atoms with Gasteiger partial charge in [0.05, 0.1) is 6.10 Å². The van der Waals surface area contributed by atoms with E-state index in [0.717, 1.165) is 0 Å². The average Bonchev–Trinajstić information content (AvgIpc) is 2.18. The third-order valence-electron chi connectivity index (χ3n) is 2.14. The Hall–Kier alpha value is -0.640. The van der Waals surface area contributed by atoms with Gasteiger partial charge in [0.25, 0.3) is 0 Å². The summed E-state index contributed by atoms with van der Waals surface area (Å²) in [5.74, 6) is 2.22. The molecule has 1 saturated heterocycles. The molecule has 1 aliphatic rings. The lowest BCUT2D eigenvalue weighted by molar-refractivity contribution is -0.289. The lowest BCUT2D eigenvalue weighted by atomic mass is 10.0. The summed E-state index contributed by atoms with van der Waals surface area (Å²) in [6.07, 6.45) is -0.298. The highest BCUT2D eigenvalue weighted by molar-refractivity contribution is 4.89. The van der Waals surface area contributed by atoms with E-state index in [0.29, 0.717) is 0 Å². The number of aliphatic hydroxyl groups is 3. The Kier molecular flexibility index (Phi) is 3.86. The first kappa shape index (κ1) is 11.4. The summed E-state index contributed by atoms with van der Waals surface area (Å²) in [5, 5.41) is 28.1. The second-order valence-electron chi connectivity index (χ2n) is 3.20.